The second kappa shape index (κ2) is 5.99. The van der Waals surface area contributed by atoms with Crippen LogP contribution in [0.15, 0.2) is 42.5 Å². The summed E-state index contributed by atoms with van der Waals surface area (Å²) in [6.07, 6.45) is 2.85. The first-order valence-electron chi connectivity index (χ1n) is 5.67. The molecule has 2 N–H and O–H groups in total. The van der Waals surface area contributed by atoms with Crippen molar-refractivity contribution in [3.8, 4) is 11.5 Å². The average Bonchev–Trinajstić information content (AvgIpc) is 2.40. The predicted octanol–water partition coefficient (Wildman–Crippen LogP) is 4.30. The van der Waals surface area contributed by atoms with Crippen molar-refractivity contribution in [1.82, 2.24) is 0 Å². The number of halogens is 2. The highest BCUT2D eigenvalue weighted by Crippen LogP contribution is 2.26. The van der Waals surface area contributed by atoms with Gasteiger partial charge in [0.25, 0.3) is 0 Å². The maximum Gasteiger partial charge on any atom is 0.187 e. The van der Waals surface area contributed by atoms with Crippen molar-refractivity contribution in [2.45, 2.75) is 0 Å². The lowest BCUT2D eigenvalue weighted by atomic mass is 10.1. The minimum atomic E-state index is -0.278. The minimum absolute atomic E-state index is 0.214. The third-order valence-electron chi connectivity index (χ3n) is 2.62. The van der Waals surface area contributed by atoms with Crippen LogP contribution in [0, 0.1) is 0 Å². The zero-order valence-electron chi connectivity index (χ0n) is 10.2. The van der Waals surface area contributed by atoms with Gasteiger partial charge in [-0.15, -0.1) is 0 Å². The Labute approximate surface area is 125 Å². The Morgan fingerprint density at radius 2 is 1.75 bits per heavy atom. The lowest BCUT2D eigenvalue weighted by molar-refractivity contribution is 0.104. The van der Waals surface area contributed by atoms with Crippen molar-refractivity contribution in [2.24, 2.45) is 0 Å². The summed E-state index contributed by atoms with van der Waals surface area (Å²) in [6.45, 7) is 0. The molecule has 0 radical (unpaired) electrons. The Bertz CT molecular complexity index is 694. The molecule has 0 heterocycles. The van der Waals surface area contributed by atoms with Crippen LogP contribution in [0.1, 0.15) is 15.9 Å². The highest BCUT2D eigenvalue weighted by molar-refractivity contribution is 6.37. The molecule has 102 valence electrons. The van der Waals surface area contributed by atoms with E-state index < -0.39 is 0 Å². The van der Waals surface area contributed by atoms with E-state index in [0.717, 1.165) is 0 Å². The number of carbonyl (C=O) groups is 1. The van der Waals surface area contributed by atoms with Gasteiger partial charge in [-0.1, -0.05) is 35.3 Å². The van der Waals surface area contributed by atoms with Gasteiger partial charge in [0.2, 0.25) is 0 Å². The number of benzene rings is 2. The molecular formula is C15H10Cl2O3. The molecule has 0 amide bonds. The van der Waals surface area contributed by atoms with Gasteiger partial charge < -0.3 is 10.2 Å². The third kappa shape index (κ3) is 3.32. The molecule has 0 saturated heterocycles. The lowest BCUT2D eigenvalue weighted by Gasteiger charge is -2.01. The molecule has 0 aliphatic heterocycles. The van der Waals surface area contributed by atoms with E-state index in [2.05, 4.69) is 0 Å². The largest absolute Gasteiger partial charge is 0.504 e. The summed E-state index contributed by atoms with van der Waals surface area (Å²) in [5, 5.41) is 19.3. The van der Waals surface area contributed by atoms with Crippen LogP contribution in [0.2, 0.25) is 10.0 Å². The van der Waals surface area contributed by atoms with E-state index in [1.807, 2.05) is 0 Å². The van der Waals surface area contributed by atoms with E-state index in [-0.39, 0.29) is 22.3 Å². The number of rotatable bonds is 3. The molecule has 5 heteroatoms. The summed E-state index contributed by atoms with van der Waals surface area (Å²) in [5.41, 5.74) is 0.925. The smallest absolute Gasteiger partial charge is 0.187 e. The topological polar surface area (TPSA) is 57.5 Å². The maximum absolute atomic E-state index is 12.0. The number of aromatic hydroxyl groups is 2. The van der Waals surface area contributed by atoms with Crippen LogP contribution in [0.3, 0.4) is 0 Å². The quantitative estimate of drug-likeness (QED) is 0.505. The number of allylic oxidation sites excluding steroid dienone is 1. The van der Waals surface area contributed by atoms with Gasteiger partial charge in [-0.2, -0.15) is 0 Å². The molecule has 2 aromatic carbocycles. The van der Waals surface area contributed by atoms with E-state index in [4.69, 9.17) is 23.2 Å². The van der Waals surface area contributed by atoms with E-state index in [0.29, 0.717) is 16.1 Å². The van der Waals surface area contributed by atoms with Crippen molar-refractivity contribution >= 4 is 35.1 Å². The van der Waals surface area contributed by atoms with Crippen LogP contribution in [-0.2, 0) is 0 Å². The zero-order chi connectivity index (χ0) is 14.7. The van der Waals surface area contributed by atoms with E-state index in [1.165, 1.54) is 30.4 Å². The van der Waals surface area contributed by atoms with Crippen LogP contribution < -0.4 is 0 Å². The molecule has 0 aliphatic carbocycles. The fraction of sp³-hybridized carbons (Fsp3) is 0. The summed E-state index contributed by atoms with van der Waals surface area (Å²) in [5.74, 6) is -0.738. The first-order valence-corrected chi connectivity index (χ1v) is 6.42. The van der Waals surface area contributed by atoms with Crippen LogP contribution in [0.25, 0.3) is 6.08 Å². The van der Waals surface area contributed by atoms with Gasteiger partial charge in [-0.3, -0.25) is 4.79 Å². The van der Waals surface area contributed by atoms with Gasteiger partial charge in [0.15, 0.2) is 17.3 Å². The normalized spacial score (nSPS) is 10.9. The molecule has 0 unspecified atom stereocenters. The number of phenolic OH excluding ortho intramolecular Hbond substituents is 2. The fourth-order valence-electron chi connectivity index (χ4n) is 1.60. The highest BCUT2D eigenvalue weighted by atomic mass is 35.5. The van der Waals surface area contributed by atoms with E-state index >= 15 is 0 Å². The van der Waals surface area contributed by atoms with Gasteiger partial charge in [-0.25, -0.2) is 0 Å². The van der Waals surface area contributed by atoms with Crippen molar-refractivity contribution in [1.29, 1.82) is 0 Å². The molecule has 0 saturated carbocycles. The third-order valence-corrected chi connectivity index (χ3v) is 3.17. The summed E-state index contributed by atoms with van der Waals surface area (Å²) in [4.78, 5) is 12.0. The minimum Gasteiger partial charge on any atom is -0.504 e. The van der Waals surface area contributed by atoms with Crippen LogP contribution in [-0.4, -0.2) is 16.0 Å². The van der Waals surface area contributed by atoms with Gasteiger partial charge in [0.05, 0.1) is 5.02 Å². The number of phenols is 2. The van der Waals surface area contributed by atoms with Gasteiger partial charge >= 0.3 is 0 Å². The summed E-state index contributed by atoms with van der Waals surface area (Å²) in [6, 6.07) is 8.89. The molecule has 0 bridgehead atoms. The number of carbonyl (C=O) groups excluding carboxylic acids is 1. The second-order valence-electron chi connectivity index (χ2n) is 4.07. The molecule has 0 atom stereocenters. The number of ketones is 1. The predicted molar refractivity (Wildman–Crippen MR) is 79.6 cm³/mol. The van der Waals surface area contributed by atoms with Crippen LogP contribution in [0.4, 0.5) is 0 Å². The summed E-state index contributed by atoms with van der Waals surface area (Å²) in [7, 11) is 0. The van der Waals surface area contributed by atoms with Crippen molar-refractivity contribution in [2.75, 3.05) is 0 Å². The molecule has 0 spiro atoms. The van der Waals surface area contributed by atoms with Gasteiger partial charge in [0, 0.05) is 10.6 Å². The molecule has 0 aromatic heterocycles. The SMILES string of the molecule is O=C(C=Cc1ccc(O)c(O)c1)c1ccc(Cl)cc1Cl. The van der Waals surface area contributed by atoms with E-state index in [9.17, 15) is 15.0 Å². The average molecular weight is 309 g/mol. The zero-order valence-corrected chi connectivity index (χ0v) is 11.7. The molecule has 20 heavy (non-hydrogen) atoms. The summed E-state index contributed by atoms with van der Waals surface area (Å²) >= 11 is 11.7. The van der Waals surface area contributed by atoms with Gasteiger partial charge in [0.1, 0.15) is 0 Å². The number of hydrogen-bond acceptors (Lipinski definition) is 3. The second-order valence-corrected chi connectivity index (χ2v) is 4.91. The number of hydrogen-bond donors (Lipinski definition) is 2. The van der Waals surface area contributed by atoms with Crippen LogP contribution >= 0.6 is 23.2 Å². The first kappa shape index (κ1) is 14.4. The van der Waals surface area contributed by atoms with Crippen LogP contribution in [0.5, 0.6) is 11.5 Å². The molecule has 2 aromatic rings. The Morgan fingerprint density at radius 1 is 1.00 bits per heavy atom. The molecule has 0 fully saturated rings. The monoisotopic (exact) mass is 308 g/mol. The Kier molecular flexibility index (Phi) is 4.32. The maximum atomic E-state index is 12.0. The highest BCUT2D eigenvalue weighted by Gasteiger charge is 2.07. The summed E-state index contributed by atoms with van der Waals surface area (Å²) < 4.78 is 0. The molecule has 2 rings (SSSR count). The lowest BCUT2D eigenvalue weighted by Crippen LogP contribution is -1.95. The Morgan fingerprint density at radius 3 is 2.40 bits per heavy atom. The molecular weight excluding hydrogens is 299 g/mol. The Balaban J connectivity index is 2.22. The van der Waals surface area contributed by atoms with Crippen molar-refractivity contribution in [3.63, 3.8) is 0 Å². The Hall–Kier alpha value is -1.97. The molecule has 0 aliphatic rings. The fourth-order valence-corrected chi connectivity index (χ4v) is 2.10. The first-order chi connectivity index (χ1) is 9.47. The van der Waals surface area contributed by atoms with Crippen molar-refractivity contribution in [3.05, 3.63) is 63.6 Å². The van der Waals surface area contributed by atoms with Crippen molar-refractivity contribution < 1.29 is 15.0 Å². The van der Waals surface area contributed by atoms with Gasteiger partial charge in [-0.05, 0) is 42.0 Å². The molecule has 3 nitrogen and oxygen atoms in total. The standard InChI is InChI=1S/C15H10Cl2O3/c16-10-3-4-11(12(17)8-10)13(18)5-1-9-2-6-14(19)15(20)7-9/h1-8,19-20H. The van der Waals surface area contributed by atoms with E-state index in [1.54, 1.807) is 18.2 Å².